The number of carbonyl (C=O) groups is 1. The summed E-state index contributed by atoms with van der Waals surface area (Å²) >= 11 is 2.88. The molecule has 0 spiro atoms. The van der Waals surface area contributed by atoms with Crippen LogP contribution in [0.15, 0.2) is 39.9 Å². The van der Waals surface area contributed by atoms with Crippen LogP contribution in [0, 0.1) is 6.92 Å². The Kier molecular flexibility index (Phi) is 5.49. The average Bonchev–Trinajstić information content (AvgIpc) is 3.53. The van der Waals surface area contributed by atoms with Crippen molar-refractivity contribution in [3.63, 3.8) is 0 Å². The maximum absolute atomic E-state index is 13.2. The molecule has 5 rings (SSSR count). The topological polar surface area (TPSA) is 73.8 Å². The molecule has 1 atom stereocenters. The van der Waals surface area contributed by atoms with Gasteiger partial charge in [-0.2, -0.15) is 4.31 Å². The number of nitrogens with zero attached hydrogens (tertiary/aromatic N) is 4. The Hall–Kier alpha value is -2.01. The Balaban J connectivity index is 1.27. The van der Waals surface area contributed by atoms with E-state index >= 15 is 0 Å². The Labute approximate surface area is 190 Å². The SMILES string of the molecule is Cc1ccc2nc(N3CCN(C(=O)[C@H]4CCCN4S(=O)(=O)c4cccs4)CC3)sc2c1. The number of aryl methyl sites for hydroxylation is 1. The van der Waals surface area contributed by atoms with Gasteiger partial charge in [-0.25, -0.2) is 13.4 Å². The highest BCUT2D eigenvalue weighted by Gasteiger charge is 2.42. The second kappa shape index (κ2) is 8.16. The van der Waals surface area contributed by atoms with Crippen LogP contribution in [0.5, 0.6) is 0 Å². The van der Waals surface area contributed by atoms with E-state index in [1.165, 1.54) is 25.9 Å². The molecule has 0 N–H and O–H groups in total. The van der Waals surface area contributed by atoms with Gasteiger partial charge in [-0.1, -0.05) is 23.5 Å². The summed E-state index contributed by atoms with van der Waals surface area (Å²) in [5, 5.41) is 2.73. The first-order chi connectivity index (χ1) is 14.9. The number of anilines is 1. The van der Waals surface area contributed by atoms with E-state index in [0.29, 0.717) is 49.8 Å². The summed E-state index contributed by atoms with van der Waals surface area (Å²) in [6.07, 6.45) is 1.30. The summed E-state index contributed by atoms with van der Waals surface area (Å²) in [5.74, 6) is -0.0720. The zero-order valence-corrected chi connectivity index (χ0v) is 19.7. The zero-order chi connectivity index (χ0) is 21.6. The standard InChI is InChI=1S/C21H24N4O3S3/c1-15-6-7-16-18(14-15)30-21(22-16)24-11-9-23(10-12-24)20(26)17-4-2-8-25(17)31(27,28)19-5-3-13-29-19/h3,5-7,13-14,17H,2,4,8-12H2,1H3/t17-/m1/s1. The van der Waals surface area contributed by atoms with Crippen molar-refractivity contribution in [1.82, 2.24) is 14.2 Å². The second-order valence-electron chi connectivity index (χ2n) is 7.99. The molecule has 2 aromatic heterocycles. The molecule has 0 radical (unpaired) electrons. The summed E-state index contributed by atoms with van der Waals surface area (Å²) in [6.45, 7) is 5.05. The van der Waals surface area contributed by atoms with Crippen LogP contribution < -0.4 is 4.90 Å². The third-order valence-corrected chi connectivity index (χ3v) is 10.3. The molecule has 7 nitrogen and oxygen atoms in total. The van der Waals surface area contributed by atoms with E-state index in [-0.39, 0.29) is 5.91 Å². The fraction of sp³-hybridized carbons (Fsp3) is 0.429. The molecule has 0 unspecified atom stereocenters. The Morgan fingerprint density at radius 2 is 1.94 bits per heavy atom. The van der Waals surface area contributed by atoms with Crippen LogP contribution in [0.1, 0.15) is 18.4 Å². The first-order valence-corrected chi connectivity index (χ1v) is 13.5. The van der Waals surface area contributed by atoms with Crippen molar-refractivity contribution in [2.45, 2.75) is 30.0 Å². The number of aromatic nitrogens is 1. The molecule has 1 aromatic carbocycles. The maximum Gasteiger partial charge on any atom is 0.253 e. The number of piperazine rings is 1. The van der Waals surface area contributed by atoms with Gasteiger partial charge in [-0.05, 0) is 48.9 Å². The summed E-state index contributed by atoms with van der Waals surface area (Å²) < 4.78 is 28.9. The number of sulfonamides is 1. The highest BCUT2D eigenvalue weighted by Crippen LogP contribution is 2.32. The van der Waals surface area contributed by atoms with Gasteiger partial charge < -0.3 is 9.80 Å². The van der Waals surface area contributed by atoms with E-state index in [4.69, 9.17) is 4.98 Å². The predicted molar refractivity (Wildman–Crippen MR) is 124 cm³/mol. The second-order valence-corrected chi connectivity index (χ2v) is 12.1. The number of hydrogen-bond acceptors (Lipinski definition) is 7. The molecule has 2 aliphatic heterocycles. The van der Waals surface area contributed by atoms with E-state index in [1.54, 1.807) is 28.8 Å². The highest BCUT2D eigenvalue weighted by molar-refractivity contribution is 7.91. The minimum atomic E-state index is -3.61. The van der Waals surface area contributed by atoms with Gasteiger partial charge in [0.1, 0.15) is 10.3 Å². The van der Waals surface area contributed by atoms with Crippen molar-refractivity contribution in [2.75, 3.05) is 37.6 Å². The summed E-state index contributed by atoms with van der Waals surface area (Å²) in [7, 11) is -3.61. The van der Waals surface area contributed by atoms with Gasteiger partial charge in [0.15, 0.2) is 5.13 Å². The van der Waals surface area contributed by atoms with Gasteiger partial charge >= 0.3 is 0 Å². The molecular weight excluding hydrogens is 452 g/mol. The molecule has 2 aliphatic rings. The van der Waals surface area contributed by atoms with Crippen molar-refractivity contribution in [1.29, 1.82) is 0 Å². The lowest BCUT2D eigenvalue weighted by atomic mass is 10.2. The molecule has 2 saturated heterocycles. The molecule has 0 saturated carbocycles. The van der Waals surface area contributed by atoms with Crippen molar-refractivity contribution in [2.24, 2.45) is 0 Å². The van der Waals surface area contributed by atoms with Gasteiger partial charge in [-0.15, -0.1) is 11.3 Å². The minimum Gasteiger partial charge on any atom is -0.345 e. The van der Waals surface area contributed by atoms with E-state index in [9.17, 15) is 13.2 Å². The Bertz CT molecular complexity index is 1200. The fourth-order valence-corrected chi connectivity index (χ4v) is 8.17. The van der Waals surface area contributed by atoms with Gasteiger partial charge in [0.05, 0.1) is 10.2 Å². The smallest absolute Gasteiger partial charge is 0.253 e. The molecule has 31 heavy (non-hydrogen) atoms. The van der Waals surface area contributed by atoms with Crippen molar-refractivity contribution >= 4 is 54.0 Å². The van der Waals surface area contributed by atoms with Crippen LogP contribution in [0.4, 0.5) is 5.13 Å². The molecule has 164 valence electrons. The first kappa shape index (κ1) is 20.9. The van der Waals surface area contributed by atoms with E-state index in [2.05, 4.69) is 24.0 Å². The van der Waals surface area contributed by atoms with E-state index < -0.39 is 16.1 Å². The quantitative estimate of drug-likeness (QED) is 0.578. The monoisotopic (exact) mass is 476 g/mol. The lowest BCUT2D eigenvalue weighted by Gasteiger charge is -2.37. The normalized spacial score (nSPS) is 20.6. The molecule has 0 bridgehead atoms. The highest BCUT2D eigenvalue weighted by atomic mass is 32.2. The molecular formula is C21H24N4O3S3. The lowest BCUT2D eigenvalue weighted by molar-refractivity contribution is -0.134. The molecule has 4 heterocycles. The van der Waals surface area contributed by atoms with Crippen molar-refractivity contribution in [3.8, 4) is 0 Å². The van der Waals surface area contributed by atoms with Crippen LogP contribution in [-0.4, -0.2) is 67.3 Å². The third-order valence-electron chi connectivity index (χ3n) is 5.94. The van der Waals surface area contributed by atoms with E-state index in [1.807, 2.05) is 11.0 Å². The predicted octanol–water partition coefficient (Wildman–Crippen LogP) is 3.17. The molecule has 10 heteroatoms. The molecule has 3 aromatic rings. The van der Waals surface area contributed by atoms with Gasteiger partial charge in [-0.3, -0.25) is 4.79 Å². The summed E-state index contributed by atoms with van der Waals surface area (Å²) in [4.78, 5) is 22.0. The van der Waals surface area contributed by atoms with Gasteiger partial charge in [0.2, 0.25) is 5.91 Å². The fourth-order valence-electron chi connectivity index (χ4n) is 4.28. The van der Waals surface area contributed by atoms with Crippen molar-refractivity contribution < 1.29 is 13.2 Å². The largest absolute Gasteiger partial charge is 0.345 e. The van der Waals surface area contributed by atoms with Gasteiger partial charge in [0, 0.05) is 32.7 Å². The number of carbonyl (C=O) groups excluding carboxylic acids is 1. The molecule has 1 amide bonds. The van der Waals surface area contributed by atoms with Crippen molar-refractivity contribution in [3.05, 3.63) is 41.3 Å². The average molecular weight is 477 g/mol. The van der Waals surface area contributed by atoms with Crippen LogP contribution in [0.2, 0.25) is 0 Å². The number of rotatable bonds is 4. The number of benzene rings is 1. The van der Waals surface area contributed by atoms with E-state index in [0.717, 1.165) is 10.6 Å². The van der Waals surface area contributed by atoms with Gasteiger partial charge in [0.25, 0.3) is 10.0 Å². The van der Waals surface area contributed by atoms with Crippen LogP contribution in [0.25, 0.3) is 10.2 Å². The number of amides is 1. The van der Waals surface area contributed by atoms with Crippen LogP contribution in [-0.2, 0) is 14.8 Å². The first-order valence-electron chi connectivity index (χ1n) is 10.4. The number of thiazole rings is 1. The molecule has 2 fully saturated rings. The summed E-state index contributed by atoms with van der Waals surface area (Å²) in [5.41, 5.74) is 2.22. The molecule has 0 aliphatic carbocycles. The van der Waals surface area contributed by atoms with Crippen LogP contribution >= 0.6 is 22.7 Å². The number of thiophene rings is 1. The number of fused-ring (bicyclic) bond motifs is 1. The number of hydrogen-bond donors (Lipinski definition) is 0. The zero-order valence-electron chi connectivity index (χ0n) is 17.2. The Morgan fingerprint density at radius 1 is 1.13 bits per heavy atom. The maximum atomic E-state index is 13.2. The Morgan fingerprint density at radius 3 is 2.68 bits per heavy atom. The summed E-state index contributed by atoms with van der Waals surface area (Å²) in [6, 6.07) is 9.02. The minimum absolute atomic E-state index is 0.0720. The third kappa shape index (κ3) is 3.86. The van der Waals surface area contributed by atoms with Crippen LogP contribution in [0.3, 0.4) is 0 Å². The lowest BCUT2D eigenvalue weighted by Crippen LogP contribution is -2.54.